The van der Waals surface area contributed by atoms with Gasteiger partial charge in [-0.3, -0.25) is 4.90 Å². The molecule has 0 amide bonds. The number of aryl methyl sites for hydroxylation is 2. The Balaban J connectivity index is 2.23. The van der Waals surface area contributed by atoms with Gasteiger partial charge < -0.3 is 10.2 Å². The zero-order valence-corrected chi connectivity index (χ0v) is 14.6. The summed E-state index contributed by atoms with van der Waals surface area (Å²) in [6, 6.07) is 16.0. The number of rotatable bonds is 8. The van der Waals surface area contributed by atoms with Crippen LogP contribution < -0.4 is 0 Å². The number of hydrogen-bond donors (Lipinski definition) is 2. The van der Waals surface area contributed by atoms with E-state index in [1.165, 1.54) is 5.56 Å². The van der Waals surface area contributed by atoms with Crippen LogP contribution in [0.3, 0.4) is 0 Å². The predicted molar refractivity (Wildman–Crippen MR) is 98.8 cm³/mol. The fourth-order valence-electron chi connectivity index (χ4n) is 2.82. The average Bonchev–Trinajstić information content (AvgIpc) is 2.58. The highest BCUT2D eigenvalue weighted by atomic mass is 16.3. The fraction of sp³-hybridized carbons (Fsp3) is 0.333. The third kappa shape index (κ3) is 4.54. The van der Waals surface area contributed by atoms with Gasteiger partial charge in [0.15, 0.2) is 0 Å². The third-order valence-electron chi connectivity index (χ3n) is 4.47. The molecule has 0 radical (unpaired) electrons. The van der Waals surface area contributed by atoms with Crippen LogP contribution in [-0.2, 0) is 12.1 Å². The van der Waals surface area contributed by atoms with Crippen molar-refractivity contribution in [3.8, 4) is 0 Å². The monoisotopic (exact) mass is 325 g/mol. The largest absolute Gasteiger partial charge is 0.395 e. The van der Waals surface area contributed by atoms with Crippen LogP contribution >= 0.6 is 0 Å². The van der Waals surface area contributed by atoms with Crippen molar-refractivity contribution < 1.29 is 10.2 Å². The minimum absolute atomic E-state index is 0.0486. The van der Waals surface area contributed by atoms with Gasteiger partial charge in [0, 0.05) is 19.6 Å². The van der Waals surface area contributed by atoms with Crippen molar-refractivity contribution in [2.24, 2.45) is 0 Å². The second kappa shape index (κ2) is 8.25. The van der Waals surface area contributed by atoms with Crippen LogP contribution in [0.25, 0.3) is 0 Å². The van der Waals surface area contributed by atoms with E-state index in [0.29, 0.717) is 19.6 Å². The first kappa shape index (κ1) is 18.4. The average molecular weight is 325 g/mol. The fourth-order valence-corrected chi connectivity index (χ4v) is 2.82. The Morgan fingerprint density at radius 2 is 1.79 bits per heavy atom. The molecule has 0 saturated carbocycles. The molecule has 1 atom stereocenters. The Labute approximate surface area is 144 Å². The summed E-state index contributed by atoms with van der Waals surface area (Å²) in [7, 11) is 0. The Morgan fingerprint density at radius 1 is 1.08 bits per heavy atom. The molecule has 0 aliphatic rings. The van der Waals surface area contributed by atoms with Gasteiger partial charge in [-0.15, -0.1) is 0 Å². The van der Waals surface area contributed by atoms with E-state index in [1.807, 2.05) is 60.4 Å². The van der Waals surface area contributed by atoms with Crippen LogP contribution in [0.2, 0.25) is 0 Å². The van der Waals surface area contributed by atoms with Crippen molar-refractivity contribution in [1.29, 1.82) is 0 Å². The smallest absolute Gasteiger partial charge is 0.120 e. The molecule has 0 aromatic heterocycles. The standard InChI is InChI=1S/C21H27NO2/c1-4-21(24,20-11-10-17(2)18(3)14-20)16-22(12-13-23)15-19-8-6-5-7-9-19/h4-11,14,23-24H,1,12-13,15-16H2,2-3H3. The molecule has 3 nitrogen and oxygen atoms in total. The topological polar surface area (TPSA) is 43.7 Å². The lowest BCUT2D eigenvalue weighted by Gasteiger charge is -2.32. The SMILES string of the molecule is C=CC(O)(CN(CCO)Cc1ccccc1)c1ccc(C)c(C)c1. The van der Waals surface area contributed by atoms with Crippen molar-refractivity contribution >= 4 is 0 Å². The van der Waals surface area contributed by atoms with Gasteiger partial charge in [-0.05, 0) is 36.1 Å². The molecule has 2 aromatic carbocycles. The number of hydrogen-bond acceptors (Lipinski definition) is 3. The van der Waals surface area contributed by atoms with Crippen LogP contribution in [0.1, 0.15) is 22.3 Å². The van der Waals surface area contributed by atoms with E-state index in [9.17, 15) is 10.2 Å². The minimum atomic E-state index is -1.15. The van der Waals surface area contributed by atoms with Crippen LogP contribution in [0.15, 0.2) is 61.2 Å². The van der Waals surface area contributed by atoms with Crippen molar-refractivity contribution in [2.75, 3.05) is 19.7 Å². The summed E-state index contributed by atoms with van der Waals surface area (Å²) in [4.78, 5) is 2.05. The normalized spacial score (nSPS) is 13.7. The second-order valence-electron chi connectivity index (χ2n) is 6.35. The van der Waals surface area contributed by atoms with Crippen LogP contribution in [0.5, 0.6) is 0 Å². The molecule has 3 heteroatoms. The molecule has 1 unspecified atom stereocenters. The van der Waals surface area contributed by atoms with E-state index in [-0.39, 0.29) is 6.61 Å². The quantitative estimate of drug-likeness (QED) is 0.733. The molecule has 128 valence electrons. The molecule has 0 aliphatic carbocycles. The molecule has 0 spiro atoms. The lowest BCUT2D eigenvalue weighted by molar-refractivity contribution is 0.0339. The molecule has 0 heterocycles. The van der Waals surface area contributed by atoms with Crippen molar-refractivity contribution in [3.63, 3.8) is 0 Å². The van der Waals surface area contributed by atoms with Crippen molar-refractivity contribution in [2.45, 2.75) is 26.0 Å². The molecule has 2 N–H and O–H groups in total. The van der Waals surface area contributed by atoms with E-state index in [1.54, 1.807) is 6.08 Å². The van der Waals surface area contributed by atoms with Crippen LogP contribution in [0, 0.1) is 13.8 Å². The van der Waals surface area contributed by atoms with Crippen LogP contribution in [0.4, 0.5) is 0 Å². The Bertz CT molecular complexity index is 669. The molecular formula is C21H27NO2. The van der Waals surface area contributed by atoms with Gasteiger partial charge in [-0.2, -0.15) is 0 Å². The number of benzene rings is 2. The van der Waals surface area contributed by atoms with Gasteiger partial charge >= 0.3 is 0 Å². The molecular weight excluding hydrogens is 298 g/mol. The first-order valence-corrected chi connectivity index (χ1v) is 8.29. The lowest BCUT2D eigenvalue weighted by Crippen LogP contribution is -2.40. The summed E-state index contributed by atoms with van der Waals surface area (Å²) >= 11 is 0. The molecule has 0 aliphatic heterocycles. The summed E-state index contributed by atoms with van der Waals surface area (Å²) in [5.41, 5.74) is 3.17. The van der Waals surface area contributed by atoms with Gasteiger partial charge in [-0.25, -0.2) is 0 Å². The van der Waals surface area contributed by atoms with E-state index < -0.39 is 5.60 Å². The molecule has 2 rings (SSSR count). The van der Waals surface area contributed by atoms with Gasteiger partial charge in [0.25, 0.3) is 0 Å². The summed E-state index contributed by atoms with van der Waals surface area (Å²) in [6.07, 6.45) is 1.59. The third-order valence-corrected chi connectivity index (χ3v) is 4.47. The van der Waals surface area contributed by atoms with E-state index >= 15 is 0 Å². The number of aliphatic hydroxyl groups excluding tert-OH is 1. The zero-order chi connectivity index (χ0) is 17.6. The first-order chi connectivity index (χ1) is 11.5. The predicted octanol–water partition coefficient (Wildman–Crippen LogP) is 3.17. The molecule has 0 bridgehead atoms. The Morgan fingerprint density at radius 3 is 2.38 bits per heavy atom. The summed E-state index contributed by atoms with van der Waals surface area (Å²) < 4.78 is 0. The second-order valence-corrected chi connectivity index (χ2v) is 6.35. The highest BCUT2D eigenvalue weighted by Crippen LogP contribution is 2.26. The van der Waals surface area contributed by atoms with Gasteiger partial charge in [0.2, 0.25) is 0 Å². The summed E-state index contributed by atoms with van der Waals surface area (Å²) in [6.45, 7) is 9.53. The van der Waals surface area contributed by atoms with Gasteiger partial charge in [0.05, 0.1) is 6.61 Å². The Hall–Kier alpha value is -1.94. The first-order valence-electron chi connectivity index (χ1n) is 8.29. The maximum Gasteiger partial charge on any atom is 0.120 e. The van der Waals surface area contributed by atoms with Crippen LogP contribution in [-0.4, -0.2) is 34.8 Å². The molecule has 0 fully saturated rings. The molecule has 2 aromatic rings. The van der Waals surface area contributed by atoms with Crippen molar-refractivity contribution in [3.05, 3.63) is 83.4 Å². The van der Waals surface area contributed by atoms with E-state index in [4.69, 9.17) is 0 Å². The zero-order valence-electron chi connectivity index (χ0n) is 14.6. The van der Waals surface area contributed by atoms with Crippen molar-refractivity contribution in [1.82, 2.24) is 4.90 Å². The summed E-state index contributed by atoms with van der Waals surface area (Å²) in [5.74, 6) is 0. The highest BCUT2D eigenvalue weighted by molar-refractivity contribution is 5.35. The maximum absolute atomic E-state index is 11.1. The van der Waals surface area contributed by atoms with E-state index in [0.717, 1.165) is 16.7 Å². The summed E-state index contributed by atoms with van der Waals surface area (Å²) in [5, 5.41) is 20.5. The number of nitrogens with zero attached hydrogens (tertiary/aromatic N) is 1. The molecule has 0 saturated heterocycles. The van der Waals surface area contributed by atoms with Gasteiger partial charge in [-0.1, -0.05) is 61.2 Å². The number of aliphatic hydroxyl groups is 2. The lowest BCUT2D eigenvalue weighted by atomic mass is 9.90. The maximum atomic E-state index is 11.1. The van der Waals surface area contributed by atoms with E-state index in [2.05, 4.69) is 13.5 Å². The van der Waals surface area contributed by atoms with Gasteiger partial charge in [0.1, 0.15) is 5.60 Å². The highest BCUT2D eigenvalue weighted by Gasteiger charge is 2.28. The Kier molecular flexibility index (Phi) is 6.32. The minimum Gasteiger partial charge on any atom is -0.395 e. The molecule has 24 heavy (non-hydrogen) atoms.